The molecular weight excluding hydrogens is 380 g/mol. The minimum absolute atomic E-state index is 0.00823. The summed E-state index contributed by atoms with van der Waals surface area (Å²) in [6, 6.07) is 4.61. The first-order chi connectivity index (χ1) is 13.3. The summed E-state index contributed by atoms with van der Waals surface area (Å²) in [7, 11) is 1.42. The van der Waals surface area contributed by atoms with Gasteiger partial charge in [-0.25, -0.2) is 14.5 Å². The number of methoxy groups -OCH3 is 1. The monoisotopic (exact) mass is 404 g/mol. The second-order valence-corrected chi connectivity index (χ2v) is 5.46. The van der Waals surface area contributed by atoms with Crippen LogP contribution in [0.15, 0.2) is 24.3 Å². The molecule has 1 aromatic rings. The molecule has 0 aliphatic heterocycles. The number of unbranched alkanes of at least 4 members (excludes halogenated alkanes) is 1. The predicted molar refractivity (Wildman–Crippen MR) is 90.2 cm³/mol. The molecule has 1 aromatic carbocycles. The maximum absolute atomic E-state index is 11.7. The van der Waals surface area contributed by atoms with Crippen LogP contribution in [0, 0.1) is 0 Å². The first kappa shape index (κ1) is 23.7. The van der Waals surface area contributed by atoms with Crippen molar-refractivity contribution < 1.29 is 49.9 Å². The summed E-state index contributed by atoms with van der Waals surface area (Å²) in [4.78, 5) is 20.6. The maximum atomic E-state index is 11.7. The van der Waals surface area contributed by atoms with E-state index in [1.165, 1.54) is 25.3 Å². The van der Waals surface area contributed by atoms with E-state index in [1.54, 1.807) is 12.1 Å². The first-order valence-electron chi connectivity index (χ1n) is 8.19. The number of hydrogen-bond donors (Lipinski definition) is 5. The summed E-state index contributed by atoms with van der Waals surface area (Å²) in [6.07, 6.45) is 3.04. The van der Waals surface area contributed by atoms with Crippen molar-refractivity contribution >= 4 is 12.0 Å². The normalized spacial score (nSPS) is 12.7. The molecule has 12 heteroatoms. The van der Waals surface area contributed by atoms with E-state index in [0.29, 0.717) is 18.4 Å². The van der Waals surface area contributed by atoms with Gasteiger partial charge in [0.25, 0.3) is 0 Å². The average Bonchev–Trinajstić information content (AvgIpc) is 2.64. The third-order valence-electron chi connectivity index (χ3n) is 3.40. The van der Waals surface area contributed by atoms with Crippen LogP contribution in [0.5, 0.6) is 11.5 Å². The number of esters is 1. The van der Waals surface area contributed by atoms with Gasteiger partial charge < -0.3 is 14.6 Å². The van der Waals surface area contributed by atoms with Crippen molar-refractivity contribution in [2.24, 2.45) is 0 Å². The number of rotatable bonds is 13. The number of benzene rings is 1. The van der Waals surface area contributed by atoms with Crippen LogP contribution in [-0.2, 0) is 19.2 Å². The third kappa shape index (κ3) is 10.1. The number of hydrogen-bond acceptors (Lipinski definition) is 12. The summed E-state index contributed by atoms with van der Waals surface area (Å²) >= 11 is 0. The largest absolute Gasteiger partial charge is 0.504 e. The highest BCUT2D eigenvalue weighted by Crippen LogP contribution is 2.26. The fourth-order valence-electron chi connectivity index (χ4n) is 2.11. The van der Waals surface area contributed by atoms with Crippen LogP contribution in [0.3, 0.4) is 0 Å². The Labute approximate surface area is 160 Å². The molecule has 0 aromatic heterocycles. The van der Waals surface area contributed by atoms with Crippen molar-refractivity contribution in [2.45, 2.75) is 25.4 Å². The highest BCUT2D eigenvalue weighted by atomic mass is 17.1. The Bertz CT molecular complexity index is 623. The van der Waals surface area contributed by atoms with Crippen molar-refractivity contribution in [1.82, 2.24) is 10.8 Å². The molecular formula is C16H24N2O10. The smallest absolute Gasteiger partial charge is 0.330 e. The van der Waals surface area contributed by atoms with Gasteiger partial charge in [-0.1, -0.05) is 6.07 Å². The quantitative estimate of drug-likeness (QED) is 0.140. The number of phenols is 1. The van der Waals surface area contributed by atoms with Gasteiger partial charge in [0.05, 0.1) is 24.5 Å². The Morgan fingerprint density at radius 1 is 1.18 bits per heavy atom. The Morgan fingerprint density at radius 3 is 2.57 bits per heavy atom. The van der Waals surface area contributed by atoms with Crippen LogP contribution in [0.1, 0.15) is 24.8 Å². The van der Waals surface area contributed by atoms with E-state index in [4.69, 9.17) is 30.3 Å². The van der Waals surface area contributed by atoms with Gasteiger partial charge in [0.2, 0.25) is 0 Å². The van der Waals surface area contributed by atoms with Gasteiger partial charge in [0.15, 0.2) is 11.5 Å². The molecule has 0 bridgehead atoms. The first-order valence-corrected chi connectivity index (χ1v) is 8.19. The second kappa shape index (κ2) is 13.0. The minimum Gasteiger partial charge on any atom is -0.504 e. The molecule has 0 amide bonds. The molecule has 0 fully saturated rings. The summed E-state index contributed by atoms with van der Waals surface area (Å²) < 4.78 is 10.0. The zero-order valence-corrected chi connectivity index (χ0v) is 15.2. The van der Waals surface area contributed by atoms with E-state index in [2.05, 4.69) is 9.68 Å². The maximum Gasteiger partial charge on any atom is 0.330 e. The lowest BCUT2D eigenvalue weighted by Crippen LogP contribution is -2.31. The highest BCUT2D eigenvalue weighted by molar-refractivity contribution is 5.87. The van der Waals surface area contributed by atoms with Gasteiger partial charge in [-0.05, 0) is 43.0 Å². The Kier molecular flexibility index (Phi) is 11.0. The van der Waals surface area contributed by atoms with E-state index in [9.17, 15) is 9.90 Å². The zero-order valence-electron chi connectivity index (χ0n) is 15.2. The Morgan fingerprint density at radius 2 is 1.93 bits per heavy atom. The SMILES string of the molecule is COc1cc(/C=C/C(=O)OCCCCC(CON(O)O)ON(O)O)ccc1O. The molecule has 1 atom stereocenters. The number of ether oxygens (including phenoxy) is 2. The standard InChI is InChI=1S/C16H24N2O10/c1-25-15-10-12(5-7-14(15)19)6-8-16(20)26-9-3-2-4-13(28-18(23)24)11-27-17(21)22/h5-8,10,13,19,21-24H,2-4,9,11H2,1H3/b8-6+. The van der Waals surface area contributed by atoms with Gasteiger partial charge in [-0.2, -0.15) is 0 Å². The van der Waals surface area contributed by atoms with Crippen molar-refractivity contribution in [3.8, 4) is 11.5 Å². The molecule has 0 aliphatic rings. The van der Waals surface area contributed by atoms with Crippen LogP contribution >= 0.6 is 0 Å². The number of aromatic hydroxyl groups is 1. The Balaban J connectivity index is 2.31. The van der Waals surface area contributed by atoms with E-state index >= 15 is 0 Å². The Hall–Kier alpha value is -2.29. The van der Waals surface area contributed by atoms with Crippen molar-refractivity contribution in [3.63, 3.8) is 0 Å². The molecule has 5 N–H and O–H groups in total. The summed E-state index contributed by atoms with van der Waals surface area (Å²) in [5.41, 5.74) is 0.644. The van der Waals surface area contributed by atoms with Crippen LogP contribution in [0.25, 0.3) is 6.08 Å². The topological polar surface area (TPSA) is 162 Å². The molecule has 0 aliphatic carbocycles. The number of carbonyl (C=O) groups excluding carboxylic acids is 1. The van der Waals surface area contributed by atoms with Gasteiger partial charge in [0.1, 0.15) is 12.7 Å². The molecule has 158 valence electrons. The second-order valence-electron chi connectivity index (χ2n) is 5.46. The average molecular weight is 404 g/mol. The van der Waals surface area contributed by atoms with E-state index in [-0.39, 0.29) is 31.1 Å². The lowest BCUT2D eigenvalue weighted by molar-refractivity contribution is -0.527. The lowest BCUT2D eigenvalue weighted by atomic mass is 10.1. The molecule has 28 heavy (non-hydrogen) atoms. The number of carbonyl (C=O) groups is 1. The molecule has 0 saturated carbocycles. The zero-order chi connectivity index (χ0) is 20.9. The van der Waals surface area contributed by atoms with E-state index in [1.807, 2.05) is 0 Å². The third-order valence-corrected chi connectivity index (χ3v) is 3.40. The minimum atomic E-state index is -0.878. The highest BCUT2D eigenvalue weighted by Gasteiger charge is 2.15. The predicted octanol–water partition coefficient (Wildman–Crippen LogP) is 1.52. The lowest BCUT2D eigenvalue weighted by Gasteiger charge is -2.18. The fourth-order valence-corrected chi connectivity index (χ4v) is 2.11. The molecule has 0 spiro atoms. The van der Waals surface area contributed by atoms with Gasteiger partial charge in [-0.15, -0.1) is 0 Å². The van der Waals surface area contributed by atoms with Crippen molar-refractivity contribution in [3.05, 3.63) is 29.8 Å². The molecule has 0 saturated heterocycles. The molecule has 1 unspecified atom stereocenters. The van der Waals surface area contributed by atoms with Crippen LogP contribution in [0.2, 0.25) is 0 Å². The van der Waals surface area contributed by atoms with Gasteiger partial charge in [-0.3, -0.25) is 20.8 Å². The summed E-state index contributed by atoms with van der Waals surface area (Å²) in [6.45, 7) is -0.243. The van der Waals surface area contributed by atoms with E-state index in [0.717, 1.165) is 0 Å². The van der Waals surface area contributed by atoms with E-state index < -0.39 is 22.9 Å². The fraction of sp³-hybridized carbons (Fsp3) is 0.438. The summed E-state index contributed by atoms with van der Waals surface area (Å²) in [5.74, 6) is -0.284. The van der Waals surface area contributed by atoms with Gasteiger partial charge in [0, 0.05) is 6.08 Å². The number of nitrogens with zero attached hydrogens (tertiary/aromatic N) is 2. The van der Waals surface area contributed by atoms with Crippen molar-refractivity contribution in [2.75, 3.05) is 20.3 Å². The van der Waals surface area contributed by atoms with Crippen LogP contribution < -0.4 is 4.74 Å². The number of phenolic OH excluding ortho intramolecular Hbond substituents is 1. The molecule has 0 radical (unpaired) electrons. The van der Waals surface area contributed by atoms with Crippen LogP contribution in [0.4, 0.5) is 0 Å². The molecule has 0 heterocycles. The van der Waals surface area contributed by atoms with Crippen LogP contribution in [-0.4, -0.2) is 69.1 Å². The van der Waals surface area contributed by atoms with Crippen molar-refractivity contribution in [1.29, 1.82) is 0 Å². The summed E-state index contributed by atoms with van der Waals surface area (Å²) in [5, 5.41) is 42.7. The molecule has 12 nitrogen and oxygen atoms in total. The van der Waals surface area contributed by atoms with Gasteiger partial charge >= 0.3 is 5.97 Å². The molecule has 1 rings (SSSR count).